The number of imidazole rings is 1. The maximum atomic E-state index is 9.00. The fourth-order valence-electron chi connectivity index (χ4n) is 8.74. The molecule has 0 bridgehead atoms. The molecule has 7 aromatic carbocycles. The van der Waals surface area contributed by atoms with E-state index in [1.54, 1.807) is 0 Å². The molecule has 0 unspecified atom stereocenters. The Bertz CT molecular complexity index is 3290. The van der Waals surface area contributed by atoms with Crippen molar-refractivity contribution in [3.63, 3.8) is 0 Å². The smallest absolute Gasteiger partial charge is 0.665 e. The van der Waals surface area contributed by atoms with Crippen molar-refractivity contribution >= 4 is 11.0 Å². The molecule has 5 heteroatoms. The van der Waals surface area contributed by atoms with Crippen molar-refractivity contribution in [2.45, 2.75) is 73.1 Å². The van der Waals surface area contributed by atoms with Crippen LogP contribution in [-0.2, 0) is 31.9 Å². The van der Waals surface area contributed by atoms with Gasteiger partial charge in [-0.25, -0.2) is 4.98 Å². The fourth-order valence-corrected chi connectivity index (χ4v) is 8.74. The van der Waals surface area contributed by atoms with Crippen LogP contribution in [0.15, 0.2) is 158 Å². The Morgan fingerprint density at radius 1 is 0.585 bits per heavy atom. The summed E-state index contributed by atoms with van der Waals surface area (Å²) in [5.74, 6) is 1.18. The molecule has 0 saturated heterocycles. The molecule has 326 valence electrons. The van der Waals surface area contributed by atoms with Crippen LogP contribution in [-0.4, -0.2) is 14.5 Å². The quantitative estimate of drug-likeness (QED) is 0.142. The van der Waals surface area contributed by atoms with E-state index < -0.39 is 6.85 Å². The summed E-state index contributed by atoms with van der Waals surface area (Å²) in [6.45, 7) is 14.9. The molecule has 0 radical (unpaired) electrons. The van der Waals surface area contributed by atoms with E-state index in [4.69, 9.17) is 18.8 Å². The van der Waals surface area contributed by atoms with Gasteiger partial charge in [-0.2, -0.15) is 7.11 Å². The number of benzene rings is 7. The first kappa shape index (κ1) is 41.4. The molecule has 0 aliphatic rings. The van der Waals surface area contributed by atoms with Gasteiger partial charge in [0, 0.05) is 21.6 Å². The van der Waals surface area contributed by atoms with E-state index >= 15 is 0 Å². The van der Waals surface area contributed by atoms with Crippen LogP contribution in [0.1, 0.15) is 73.5 Å². The Morgan fingerprint density at radius 2 is 1.25 bits per heavy atom. The number of pyridine rings is 1. The SMILES string of the molecule is [2H]C([2H])([2H])c1cc(-n2c(-c3cc(C)cc(C)c3O[CH2-])nc3c(-c4[c-]c(-c5cc(-c6ccccc6)ccn5)cc(C(C)(C)C)c4)cccc32)c(-c2ccc(C(C)(C)C)cc2)cc1-c1ccccc1.[Pt+2]. The largest absolute Gasteiger partial charge is 2.00 e. The standard InChI is InChI=1S/C60H55N3O.Pt/c1-38-30-40(3)57(64-10)52(31-38)58-62-56-49(45-33-46(35-48(34-45)60(7,8)9)53-36-44(28-29-61-53)41-18-13-11-14-19-41)22-17-23-54(56)63(58)55-32-39(2)50(42-20-15-12-16-21-42)37-51(55)43-24-26-47(27-25-43)59(4,5)6;/h11-32,34-37H,10H2,1-9H3;/q-2;+2/i2D3;. The zero-order valence-corrected chi connectivity index (χ0v) is 40.6. The molecular weight excluding hydrogens is 974 g/mol. The van der Waals surface area contributed by atoms with Crippen molar-refractivity contribution in [1.29, 1.82) is 0 Å². The summed E-state index contributed by atoms with van der Waals surface area (Å²) < 4.78 is 35.1. The first-order valence-electron chi connectivity index (χ1n) is 23.4. The van der Waals surface area contributed by atoms with Gasteiger partial charge in [-0.15, -0.1) is 29.3 Å². The van der Waals surface area contributed by atoms with Crippen LogP contribution in [0.4, 0.5) is 0 Å². The summed E-state index contributed by atoms with van der Waals surface area (Å²) in [7, 11) is 3.91. The van der Waals surface area contributed by atoms with Gasteiger partial charge in [0.2, 0.25) is 0 Å². The molecule has 0 aliphatic carbocycles. The van der Waals surface area contributed by atoms with Gasteiger partial charge in [-0.05, 0) is 112 Å². The second-order valence-electron chi connectivity index (χ2n) is 18.9. The van der Waals surface area contributed by atoms with E-state index in [0.717, 1.165) is 83.5 Å². The number of fused-ring (bicyclic) bond motifs is 1. The average Bonchev–Trinajstić information content (AvgIpc) is 3.70. The summed E-state index contributed by atoms with van der Waals surface area (Å²) >= 11 is 0. The molecule has 65 heavy (non-hydrogen) atoms. The summed E-state index contributed by atoms with van der Waals surface area (Å²) in [4.78, 5) is 10.5. The number of nitrogens with zero attached hydrogens (tertiary/aromatic N) is 3. The molecule has 9 aromatic rings. The van der Waals surface area contributed by atoms with Crippen molar-refractivity contribution in [2.24, 2.45) is 0 Å². The van der Waals surface area contributed by atoms with Gasteiger partial charge >= 0.3 is 21.1 Å². The molecule has 0 saturated carbocycles. The molecule has 0 N–H and O–H groups in total. The minimum atomic E-state index is -2.46. The number of hydrogen-bond acceptors (Lipinski definition) is 3. The topological polar surface area (TPSA) is 39.9 Å². The van der Waals surface area contributed by atoms with E-state index in [1.807, 2.05) is 85.9 Å². The Balaban J connectivity index is 0.00000625. The molecule has 0 aliphatic heterocycles. The van der Waals surface area contributed by atoms with Gasteiger partial charge in [0.1, 0.15) is 5.82 Å². The summed E-state index contributed by atoms with van der Waals surface area (Å²) in [5, 5.41) is 0. The molecular formula is C60H55N3OPt. The second kappa shape index (κ2) is 17.9. The van der Waals surface area contributed by atoms with Crippen LogP contribution in [0.3, 0.4) is 0 Å². The van der Waals surface area contributed by atoms with Gasteiger partial charge in [0.05, 0.1) is 28.0 Å². The van der Waals surface area contributed by atoms with Gasteiger partial charge in [0.25, 0.3) is 0 Å². The van der Waals surface area contributed by atoms with Crippen molar-refractivity contribution in [3.8, 4) is 78.6 Å². The molecule has 2 aromatic heterocycles. The number of para-hydroxylation sites is 1. The first-order chi connectivity index (χ1) is 31.9. The Hall–Kier alpha value is -6.35. The second-order valence-corrected chi connectivity index (χ2v) is 18.9. The molecule has 0 atom stereocenters. The van der Waals surface area contributed by atoms with E-state index in [0.29, 0.717) is 22.8 Å². The van der Waals surface area contributed by atoms with E-state index in [-0.39, 0.29) is 37.5 Å². The monoisotopic (exact) mass is 1030 g/mol. The Morgan fingerprint density at radius 3 is 1.91 bits per heavy atom. The van der Waals surface area contributed by atoms with Crippen LogP contribution >= 0.6 is 0 Å². The van der Waals surface area contributed by atoms with Crippen LogP contribution in [0.25, 0.3) is 83.9 Å². The van der Waals surface area contributed by atoms with Crippen LogP contribution in [0.5, 0.6) is 5.75 Å². The minimum Gasteiger partial charge on any atom is -0.665 e. The zero-order chi connectivity index (χ0) is 47.4. The molecule has 0 amide bonds. The molecule has 0 spiro atoms. The molecule has 2 heterocycles. The van der Waals surface area contributed by atoms with Crippen molar-refractivity contribution in [3.05, 3.63) is 199 Å². The van der Waals surface area contributed by atoms with E-state index in [1.165, 1.54) is 5.56 Å². The normalized spacial score (nSPS) is 12.6. The van der Waals surface area contributed by atoms with Crippen LogP contribution in [0, 0.1) is 33.9 Å². The van der Waals surface area contributed by atoms with Crippen LogP contribution < -0.4 is 4.74 Å². The summed E-state index contributed by atoms with van der Waals surface area (Å²) in [5.41, 5.74) is 16.0. The first-order valence-corrected chi connectivity index (χ1v) is 21.9. The van der Waals surface area contributed by atoms with Gasteiger partial charge < -0.3 is 4.74 Å². The number of aromatic nitrogens is 3. The third kappa shape index (κ3) is 8.90. The molecule has 4 nitrogen and oxygen atoms in total. The van der Waals surface area contributed by atoms with Gasteiger partial charge in [-0.1, -0.05) is 162 Å². The number of ether oxygens (including phenoxy) is 1. The predicted octanol–water partition coefficient (Wildman–Crippen LogP) is 15.9. The Labute approximate surface area is 403 Å². The average molecular weight is 1030 g/mol. The third-order valence-electron chi connectivity index (χ3n) is 12.2. The molecule has 0 fully saturated rings. The van der Waals surface area contributed by atoms with Crippen molar-refractivity contribution in [1.82, 2.24) is 14.5 Å². The maximum Gasteiger partial charge on any atom is 2.00 e. The number of hydrogen-bond donors (Lipinski definition) is 0. The maximum absolute atomic E-state index is 9.00. The van der Waals surface area contributed by atoms with Gasteiger partial charge in [0.15, 0.2) is 0 Å². The predicted molar refractivity (Wildman–Crippen MR) is 268 cm³/mol. The van der Waals surface area contributed by atoms with Crippen molar-refractivity contribution in [2.75, 3.05) is 0 Å². The van der Waals surface area contributed by atoms with Crippen molar-refractivity contribution < 1.29 is 29.9 Å². The van der Waals surface area contributed by atoms with E-state index in [9.17, 15) is 0 Å². The summed E-state index contributed by atoms with van der Waals surface area (Å²) in [6.07, 6.45) is 1.86. The third-order valence-corrected chi connectivity index (χ3v) is 12.2. The Kier molecular flexibility index (Phi) is 11.4. The van der Waals surface area contributed by atoms with E-state index in [2.05, 4.69) is 145 Å². The number of rotatable bonds is 8. The van der Waals surface area contributed by atoms with Crippen LogP contribution in [0.2, 0.25) is 0 Å². The molecule has 9 rings (SSSR count). The minimum absolute atomic E-state index is 0. The zero-order valence-electron chi connectivity index (χ0n) is 41.3. The summed E-state index contributed by atoms with van der Waals surface area (Å²) in [6, 6.07) is 55.4. The number of aryl methyl sites for hydroxylation is 3. The van der Waals surface area contributed by atoms with Gasteiger partial charge in [-0.3, -0.25) is 9.55 Å². The fraction of sp³-hybridized carbons (Fsp3) is 0.183.